The predicted octanol–water partition coefficient (Wildman–Crippen LogP) is 2.08. The summed E-state index contributed by atoms with van der Waals surface area (Å²) in [4.78, 5) is 22.8. The summed E-state index contributed by atoms with van der Waals surface area (Å²) >= 11 is 1.54. The molecule has 1 aliphatic rings. The van der Waals surface area contributed by atoms with Crippen LogP contribution >= 0.6 is 11.3 Å². The van der Waals surface area contributed by atoms with Gasteiger partial charge in [-0.3, -0.25) is 4.79 Å². The fourth-order valence-corrected chi connectivity index (χ4v) is 2.49. The first kappa shape index (κ1) is 9.72. The van der Waals surface area contributed by atoms with Gasteiger partial charge in [0.05, 0.1) is 5.69 Å². The van der Waals surface area contributed by atoms with Crippen LogP contribution in [-0.2, 0) is 0 Å². The number of aromatic amines is 1. The maximum atomic E-state index is 11.3. The highest BCUT2D eigenvalue weighted by molar-refractivity contribution is 7.13. The molecule has 0 aliphatic heterocycles. The summed E-state index contributed by atoms with van der Waals surface area (Å²) in [5.41, 5.74) is 1.75. The fourth-order valence-electron chi connectivity index (χ4n) is 1.64. The van der Waals surface area contributed by atoms with Gasteiger partial charge in [-0.25, -0.2) is 9.97 Å². The van der Waals surface area contributed by atoms with E-state index < -0.39 is 0 Å². The van der Waals surface area contributed by atoms with Gasteiger partial charge in [-0.1, -0.05) is 0 Å². The Labute approximate surface area is 96.4 Å². The molecule has 0 aromatic carbocycles. The molecule has 0 atom stereocenters. The van der Waals surface area contributed by atoms with E-state index in [0.717, 1.165) is 16.4 Å². The molecule has 0 bridgehead atoms. The molecule has 16 heavy (non-hydrogen) atoms. The number of aromatic nitrogens is 3. The van der Waals surface area contributed by atoms with Gasteiger partial charge in [-0.2, -0.15) is 0 Å². The van der Waals surface area contributed by atoms with Crippen LogP contribution in [0.1, 0.15) is 30.1 Å². The van der Waals surface area contributed by atoms with Gasteiger partial charge in [0.1, 0.15) is 0 Å². The number of hydrogen-bond acceptors (Lipinski definition) is 4. The standard InChI is InChI=1S/C11H11N3OS/c1-6-4-9(15)14-10(12-6)11-13-8(5-16-11)7-2-3-7/h4-5,7H,2-3H2,1H3,(H,12,14,15). The van der Waals surface area contributed by atoms with Crippen LogP contribution in [0.3, 0.4) is 0 Å². The Balaban J connectivity index is 2.03. The third-order valence-corrected chi connectivity index (χ3v) is 3.46. The molecule has 0 radical (unpaired) electrons. The molecule has 2 heterocycles. The second-order valence-corrected chi connectivity index (χ2v) is 4.95. The van der Waals surface area contributed by atoms with Crippen LogP contribution in [0.4, 0.5) is 0 Å². The Kier molecular flexibility index (Phi) is 2.14. The van der Waals surface area contributed by atoms with Crippen molar-refractivity contribution in [2.45, 2.75) is 25.7 Å². The largest absolute Gasteiger partial charge is 0.304 e. The summed E-state index contributed by atoms with van der Waals surface area (Å²) in [7, 11) is 0. The first-order chi connectivity index (χ1) is 7.72. The van der Waals surface area contributed by atoms with Crippen molar-refractivity contribution in [3.8, 4) is 10.8 Å². The smallest absolute Gasteiger partial charge is 0.251 e. The van der Waals surface area contributed by atoms with E-state index in [0.29, 0.717) is 11.7 Å². The van der Waals surface area contributed by atoms with E-state index in [9.17, 15) is 4.79 Å². The minimum atomic E-state index is -0.120. The molecule has 1 N–H and O–H groups in total. The van der Waals surface area contributed by atoms with Crippen LogP contribution in [0, 0.1) is 6.92 Å². The van der Waals surface area contributed by atoms with Crippen molar-refractivity contribution in [2.24, 2.45) is 0 Å². The van der Waals surface area contributed by atoms with Gasteiger partial charge < -0.3 is 4.98 Å². The second kappa shape index (κ2) is 3.52. The van der Waals surface area contributed by atoms with Crippen molar-refractivity contribution in [1.82, 2.24) is 15.0 Å². The quantitative estimate of drug-likeness (QED) is 0.864. The maximum Gasteiger partial charge on any atom is 0.251 e. The van der Waals surface area contributed by atoms with E-state index in [4.69, 9.17) is 0 Å². The SMILES string of the molecule is Cc1cc(=O)[nH]c(-c2nc(C3CC3)cs2)n1. The minimum Gasteiger partial charge on any atom is -0.304 e. The lowest BCUT2D eigenvalue weighted by molar-refractivity contribution is 1.03. The Morgan fingerprint density at radius 1 is 1.44 bits per heavy atom. The molecule has 5 heteroatoms. The Bertz CT molecular complexity index is 583. The Morgan fingerprint density at radius 3 is 2.94 bits per heavy atom. The van der Waals surface area contributed by atoms with Crippen LogP contribution in [0.25, 0.3) is 10.8 Å². The highest BCUT2D eigenvalue weighted by atomic mass is 32.1. The third-order valence-electron chi connectivity index (χ3n) is 2.59. The van der Waals surface area contributed by atoms with Gasteiger partial charge in [-0.15, -0.1) is 11.3 Å². The zero-order valence-electron chi connectivity index (χ0n) is 8.86. The monoisotopic (exact) mass is 233 g/mol. The Hall–Kier alpha value is -1.49. The molecule has 2 aromatic heterocycles. The molecule has 1 saturated carbocycles. The molecular weight excluding hydrogens is 222 g/mol. The number of thiazole rings is 1. The molecule has 0 unspecified atom stereocenters. The van der Waals surface area contributed by atoms with E-state index in [-0.39, 0.29) is 5.56 Å². The highest BCUT2D eigenvalue weighted by Crippen LogP contribution is 2.41. The summed E-state index contributed by atoms with van der Waals surface area (Å²) in [6.45, 7) is 1.81. The Morgan fingerprint density at radius 2 is 2.25 bits per heavy atom. The maximum absolute atomic E-state index is 11.3. The summed E-state index contributed by atoms with van der Waals surface area (Å²) in [5, 5.41) is 2.87. The number of H-pyrrole nitrogens is 1. The van der Waals surface area contributed by atoms with Crippen LogP contribution in [0.5, 0.6) is 0 Å². The minimum absolute atomic E-state index is 0.120. The molecule has 0 spiro atoms. The van der Waals surface area contributed by atoms with Crippen molar-refractivity contribution >= 4 is 11.3 Å². The topological polar surface area (TPSA) is 58.6 Å². The van der Waals surface area contributed by atoms with E-state index in [1.54, 1.807) is 11.3 Å². The second-order valence-electron chi connectivity index (χ2n) is 4.09. The fraction of sp³-hybridized carbons (Fsp3) is 0.364. The lowest BCUT2D eigenvalue weighted by Gasteiger charge is -1.96. The van der Waals surface area contributed by atoms with E-state index in [2.05, 4.69) is 20.3 Å². The lowest BCUT2D eigenvalue weighted by Crippen LogP contribution is -2.08. The molecule has 1 fully saturated rings. The highest BCUT2D eigenvalue weighted by Gasteiger charge is 2.26. The van der Waals surface area contributed by atoms with E-state index >= 15 is 0 Å². The number of nitrogens with one attached hydrogen (secondary N) is 1. The first-order valence-electron chi connectivity index (χ1n) is 5.26. The number of hydrogen-bond donors (Lipinski definition) is 1. The molecule has 4 nitrogen and oxygen atoms in total. The van der Waals surface area contributed by atoms with Gasteiger partial charge in [0.2, 0.25) is 0 Å². The number of nitrogens with zero attached hydrogens (tertiary/aromatic N) is 2. The van der Waals surface area contributed by atoms with Crippen molar-refractivity contribution in [1.29, 1.82) is 0 Å². The normalized spacial score (nSPS) is 15.3. The van der Waals surface area contributed by atoms with Gasteiger partial charge in [-0.05, 0) is 19.8 Å². The summed E-state index contributed by atoms with van der Waals surface area (Å²) in [6, 6.07) is 1.49. The zero-order chi connectivity index (χ0) is 11.1. The van der Waals surface area contributed by atoms with Gasteiger partial charge in [0, 0.05) is 23.1 Å². The molecule has 1 aliphatic carbocycles. The lowest BCUT2D eigenvalue weighted by atomic mass is 10.3. The first-order valence-corrected chi connectivity index (χ1v) is 6.14. The van der Waals surface area contributed by atoms with Crippen molar-refractivity contribution in [2.75, 3.05) is 0 Å². The van der Waals surface area contributed by atoms with Crippen LogP contribution in [0.15, 0.2) is 16.2 Å². The number of aryl methyl sites for hydroxylation is 1. The zero-order valence-corrected chi connectivity index (χ0v) is 9.67. The van der Waals surface area contributed by atoms with Crippen molar-refractivity contribution in [3.63, 3.8) is 0 Å². The van der Waals surface area contributed by atoms with E-state index in [1.165, 1.54) is 18.9 Å². The van der Waals surface area contributed by atoms with Crippen LogP contribution in [0.2, 0.25) is 0 Å². The van der Waals surface area contributed by atoms with Crippen molar-refractivity contribution in [3.05, 3.63) is 33.2 Å². The summed E-state index contributed by atoms with van der Waals surface area (Å²) in [5.74, 6) is 1.23. The molecule has 3 rings (SSSR count). The number of rotatable bonds is 2. The summed E-state index contributed by atoms with van der Waals surface area (Å²) < 4.78 is 0. The molecule has 2 aromatic rings. The molecule has 82 valence electrons. The molecule has 0 amide bonds. The van der Waals surface area contributed by atoms with Crippen LogP contribution in [-0.4, -0.2) is 15.0 Å². The average molecular weight is 233 g/mol. The van der Waals surface area contributed by atoms with Crippen LogP contribution < -0.4 is 5.56 Å². The van der Waals surface area contributed by atoms with Gasteiger partial charge in [0.15, 0.2) is 10.8 Å². The molecular formula is C11H11N3OS. The van der Waals surface area contributed by atoms with Gasteiger partial charge >= 0.3 is 0 Å². The summed E-state index contributed by atoms with van der Waals surface area (Å²) in [6.07, 6.45) is 2.47. The molecule has 0 saturated heterocycles. The average Bonchev–Trinajstić information content (AvgIpc) is 2.95. The van der Waals surface area contributed by atoms with Crippen molar-refractivity contribution < 1.29 is 0 Å². The van der Waals surface area contributed by atoms with E-state index in [1.807, 2.05) is 6.92 Å². The van der Waals surface area contributed by atoms with Gasteiger partial charge in [0.25, 0.3) is 5.56 Å². The third kappa shape index (κ3) is 1.78. The predicted molar refractivity (Wildman–Crippen MR) is 62.7 cm³/mol.